The molecule has 0 saturated heterocycles. The number of anilines is 1. The summed E-state index contributed by atoms with van der Waals surface area (Å²) in [5, 5.41) is 2.67. The molecule has 0 aliphatic heterocycles. The van der Waals surface area contributed by atoms with Gasteiger partial charge in [0.05, 0.1) is 5.75 Å². The number of benzene rings is 2. The quantitative estimate of drug-likeness (QED) is 0.594. The van der Waals surface area contributed by atoms with E-state index in [-0.39, 0.29) is 18.3 Å². The number of aryl methyl sites for hydroxylation is 1. The molecule has 2 aromatic rings. The number of carbonyl (C=O) groups excluding carboxylic acids is 2. The standard InChI is InChI=1S/C17H16BrNO3S/c1-12-5-2-3-8-15(12)23-11-17(21)22-10-16(20)19-14-7-4-6-13(18)9-14/h2-9H,10-11H2,1H3,(H,19,20). The Labute approximate surface area is 147 Å². The molecule has 0 saturated carbocycles. The fourth-order valence-electron chi connectivity index (χ4n) is 1.81. The number of halogens is 1. The van der Waals surface area contributed by atoms with Crippen LogP contribution in [0.1, 0.15) is 5.56 Å². The Kier molecular flexibility index (Phi) is 6.67. The molecule has 0 aliphatic rings. The van der Waals surface area contributed by atoms with E-state index in [1.54, 1.807) is 12.1 Å². The van der Waals surface area contributed by atoms with Crippen LogP contribution >= 0.6 is 27.7 Å². The van der Waals surface area contributed by atoms with Gasteiger partial charge in [0, 0.05) is 15.1 Å². The van der Waals surface area contributed by atoms with Crippen molar-refractivity contribution >= 4 is 45.3 Å². The highest BCUT2D eigenvalue weighted by Crippen LogP contribution is 2.21. The molecule has 0 bridgehead atoms. The van der Waals surface area contributed by atoms with Crippen LogP contribution < -0.4 is 5.32 Å². The van der Waals surface area contributed by atoms with Crippen LogP contribution in [-0.4, -0.2) is 24.2 Å². The van der Waals surface area contributed by atoms with Crippen LogP contribution in [-0.2, 0) is 14.3 Å². The van der Waals surface area contributed by atoms with Gasteiger partial charge in [0.25, 0.3) is 5.91 Å². The number of amides is 1. The predicted molar refractivity (Wildman–Crippen MR) is 95.6 cm³/mol. The Hall–Kier alpha value is -1.79. The molecule has 0 heterocycles. The highest BCUT2D eigenvalue weighted by atomic mass is 79.9. The van der Waals surface area contributed by atoms with Crippen LogP contribution in [0, 0.1) is 6.92 Å². The smallest absolute Gasteiger partial charge is 0.316 e. The number of hydrogen-bond acceptors (Lipinski definition) is 4. The fraction of sp³-hybridized carbons (Fsp3) is 0.176. The highest BCUT2D eigenvalue weighted by Gasteiger charge is 2.09. The van der Waals surface area contributed by atoms with Crippen molar-refractivity contribution in [1.82, 2.24) is 0 Å². The first-order chi connectivity index (χ1) is 11.0. The van der Waals surface area contributed by atoms with Gasteiger partial charge < -0.3 is 10.1 Å². The molecule has 120 valence electrons. The highest BCUT2D eigenvalue weighted by molar-refractivity contribution is 9.10. The number of hydrogen-bond donors (Lipinski definition) is 1. The number of nitrogens with one attached hydrogen (secondary N) is 1. The third-order valence-corrected chi connectivity index (χ3v) is 4.55. The number of carbonyl (C=O) groups is 2. The van der Waals surface area contributed by atoms with Gasteiger partial charge in [0.1, 0.15) is 0 Å². The maximum atomic E-state index is 11.7. The summed E-state index contributed by atoms with van der Waals surface area (Å²) in [5.74, 6) is -0.602. The second-order valence-electron chi connectivity index (χ2n) is 4.77. The van der Waals surface area contributed by atoms with Crippen LogP contribution in [0.3, 0.4) is 0 Å². The Morgan fingerprint density at radius 3 is 2.70 bits per heavy atom. The molecule has 1 amide bonds. The van der Waals surface area contributed by atoms with Crippen LogP contribution in [0.5, 0.6) is 0 Å². The summed E-state index contributed by atoms with van der Waals surface area (Å²) in [7, 11) is 0. The first kappa shape index (κ1) is 17.6. The molecular weight excluding hydrogens is 378 g/mol. The van der Waals surface area contributed by atoms with Crippen LogP contribution in [0.2, 0.25) is 0 Å². The average Bonchev–Trinajstić information content (AvgIpc) is 2.52. The predicted octanol–water partition coefficient (Wildman–Crippen LogP) is 4.03. The van der Waals surface area contributed by atoms with Crippen molar-refractivity contribution in [2.45, 2.75) is 11.8 Å². The molecule has 6 heteroatoms. The molecule has 1 N–H and O–H groups in total. The third kappa shape index (κ3) is 6.08. The number of esters is 1. The van der Waals surface area contributed by atoms with E-state index in [2.05, 4.69) is 21.2 Å². The minimum Gasteiger partial charge on any atom is -0.455 e. The van der Waals surface area contributed by atoms with Gasteiger partial charge in [-0.2, -0.15) is 0 Å². The molecular formula is C17H16BrNO3S. The normalized spacial score (nSPS) is 10.2. The summed E-state index contributed by atoms with van der Waals surface area (Å²) < 4.78 is 5.85. The zero-order valence-corrected chi connectivity index (χ0v) is 14.9. The SMILES string of the molecule is Cc1ccccc1SCC(=O)OCC(=O)Nc1cccc(Br)c1. The second-order valence-corrected chi connectivity index (χ2v) is 6.71. The summed E-state index contributed by atoms with van der Waals surface area (Å²) in [4.78, 5) is 24.5. The Morgan fingerprint density at radius 2 is 1.96 bits per heavy atom. The maximum Gasteiger partial charge on any atom is 0.316 e. The van der Waals surface area contributed by atoms with Crippen molar-refractivity contribution in [2.24, 2.45) is 0 Å². The number of thioether (sulfide) groups is 1. The Bertz CT molecular complexity index is 706. The van der Waals surface area contributed by atoms with Gasteiger partial charge >= 0.3 is 5.97 Å². The lowest BCUT2D eigenvalue weighted by molar-refractivity contribution is -0.144. The van der Waals surface area contributed by atoms with Gasteiger partial charge in [-0.05, 0) is 36.8 Å². The van der Waals surface area contributed by atoms with Gasteiger partial charge in [-0.15, -0.1) is 11.8 Å². The van der Waals surface area contributed by atoms with E-state index in [1.165, 1.54) is 11.8 Å². The molecule has 0 atom stereocenters. The lowest BCUT2D eigenvalue weighted by atomic mass is 10.2. The van der Waals surface area contributed by atoms with Crippen molar-refractivity contribution in [1.29, 1.82) is 0 Å². The third-order valence-electron chi connectivity index (χ3n) is 2.91. The van der Waals surface area contributed by atoms with Crippen LogP contribution in [0.15, 0.2) is 57.9 Å². The molecule has 0 unspecified atom stereocenters. The summed E-state index contributed by atoms with van der Waals surface area (Å²) in [5.41, 5.74) is 1.76. The average molecular weight is 394 g/mol. The lowest BCUT2D eigenvalue weighted by Crippen LogP contribution is -2.21. The summed E-state index contributed by atoms with van der Waals surface area (Å²) in [6.07, 6.45) is 0. The Balaban J connectivity index is 1.74. The molecule has 2 rings (SSSR count). The molecule has 4 nitrogen and oxygen atoms in total. The first-order valence-electron chi connectivity index (χ1n) is 6.94. The van der Waals surface area contributed by atoms with Gasteiger partial charge in [-0.3, -0.25) is 9.59 Å². The summed E-state index contributed by atoms with van der Waals surface area (Å²) >= 11 is 4.72. The van der Waals surface area contributed by atoms with E-state index >= 15 is 0 Å². The zero-order valence-electron chi connectivity index (χ0n) is 12.5. The molecule has 0 radical (unpaired) electrons. The zero-order chi connectivity index (χ0) is 16.7. The summed E-state index contributed by atoms with van der Waals surface area (Å²) in [6, 6.07) is 15.0. The minimum atomic E-state index is -0.414. The van der Waals surface area contributed by atoms with Crippen molar-refractivity contribution in [2.75, 3.05) is 17.7 Å². The van der Waals surface area contributed by atoms with Crippen molar-refractivity contribution in [3.63, 3.8) is 0 Å². The molecule has 23 heavy (non-hydrogen) atoms. The van der Waals surface area contributed by atoms with Crippen molar-refractivity contribution in [3.05, 3.63) is 58.6 Å². The van der Waals surface area contributed by atoms with Gasteiger partial charge in [-0.25, -0.2) is 0 Å². The van der Waals surface area contributed by atoms with E-state index in [0.29, 0.717) is 5.69 Å². The van der Waals surface area contributed by atoms with Crippen molar-refractivity contribution in [3.8, 4) is 0 Å². The van der Waals surface area contributed by atoms with E-state index in [0.717, 1.165) is 14.9 Å². The van der Waals surface area contributed by atoms with Gasteiger partial charge in [-0.1, -0.05) is 40.2 Å². The maximum absolute atomic E-state index is 11.7. The van der Waals surface area contributed by atoms with E-state index in [9.17, 15) is 9.59 Å². The molecule has 2 aromatic carbocycles. The Morgan fingerprint density at radius 1 is 1.17 bits per heavy atom. The topological polar surface area (TPSA) is 55.4 Å². The molecule has 0 aliphatic carbocycles. The monoisotopic (exact) mass is 393 g/mol. The second kappa shape index (κ2) is 8.74. The van der Waals surface area contributed by atoms with Crippen LogP contribution in [0.25, 0.3) is 0 Å². The minimum absolute atomic E-state index is 0.176. The first-order valence-corrected chi connectivity index (χ1v) is 8.72. The molecule has 0 spiro atoms. The van der Waals surface area contributed by atoms with Crippen molar-refractivity contribution < 1.29 is 14.3 Å². The summed E-state index contributed by atoms with van der Waals surface area (Å²) in [6.45, 7) is 1.69. The van der Waals surface area contributed by atoms with Gasteiger partial charge in [0.15, 0.2) is 6.61 Å². The number of rotatable bonds is 6. The fourth-order valence-corrected chi connectivity index (χ4v) is 3.03. The lowest BCUT2D eigenvalue weighted by Gasteiger charge is -2.07. The van der Waals surface area contributed by atoms with E-state index in [1.807, 2.05) is 43.3 Å². The van der Waals surface area contributed by atoms with Crippen LogP contribution in [0.4, 0.5) is 5.69 Å². The van der Waals surface area contributed by atoms with E-state index in [4.69, 9.17) is 4.74 Å². The molecule has 0 fully saturated rings. The van der Waals surface area contributed by atoms with Gasteiger partial charge in [0.2, 0.25) is 0 Å². The number of ether oxygens (including phenoxy) is 1. The molecule has 0 aromatic heterocycles. The largest absolute Gasteiger partial charge is 0.455 e. The van der Waals surface area contributed by atoms with E-state index < -0.39 is 5.97 Å².